The second-order valence-electron chi connectivity index (χ2n) is 1.37. The summed E-state index contributed by atoms with van der Waals surface area (Å²) in [5.74, 6) is -0.833. The fourth-order valence-corrected chi connectivity index (χ4v) is 0. The van der Waals surface area contributed by atoms with Crippen LogP contribution in [-0.2, 0) is 17.9 Å². The van der Waals surface area contributed by atoms with Gasteiger partial charge in [-0.25, -0.2) is 0 Å². The molecular weight excluding hydrogens is 266 g/mol. The van der Waals surface area contributed by atoms with E-state index in [1.54, 1.807) is 0 Å². The van der Waals surface area contributed by atoms with Crippen molar-refractivity contribution in [3.8, 4) is 0 Å². The molecule has 0 bridgehead atoms. The summed E-state index contributed by atoms with van der Waals surface area (Å²) in [5.41, 5.74) is 0. The lowest BCUT2D eigenvalue weighted by Gasteiger charge is -1.61. The van der Waals surface area contributed by atoms with Crippen LogP contribution in [0.5, 0.6) is 0 Å². The van der Waals surface area contributed by atoms with E-state index in [2.05, 4.69) is 33.0 Å². The summed E-state index contributed by atoms with van der Waals surface area (Å²) in [6.45, 7) is 2.38. The summed E-state index contributed by atoms with van der Waals surface area (Å²) in [5, 5.41) is 7.06. The smallest absolute Gasteiger partial charge is 0.317 e. The van der Waals surface area contributed by atoms with Gasteiger partial charge in [0.15, 0.2) is 0 Å². The number of carbonyl (C=O) groups is 2. The third kappa shape index (κ3) is 742000. The van der Waals surface area contributed by atoms with Gasteiger partial charge in [-0.1, -0.05) is 0 Å². The second kappa shape index (κ2) is 10.0. The highest BCUT2D eigenvalue weighted by Gasteiger charge is 1.88. The van der Waals surface area contributed by atoms with Crippen LogP contribution < -0.4 is 0 Å². The molecule has 0 aromatic heterocycles. The Balaban J connectivity index is -0.000000117. The molecule has 1 N–H and O–H groups in total. The first-order valence-electron chi connectivity index (χ1n) is 2.46. The summed E-state index contributed by atoms with van der Waals surface area (Å²) in [6, 6.07) is 0. The Labute approximate surface area is 89.5 Å². The fraction of sp³-hybridized carbons (Fsp3) is 0.500. The zero-order chi connectivity index (χ0) is 11.7. The molecule has 0 atom stereocenters. The molecule has 0 aliphatic heterocycles. The number of carboxylic acids is 1. The van der Waals surface area contributed by atoms with E-state index in [-0.39, 0.29) is 5.24 Å². The van der Waals surface area contributed by atoms with Crippen molar-refractivity contribution in [3.05, 3.63) is 0 Å². The Morgan fingerprint density at radius 2 is 1.15 bits per heavy atom. The van der Waals surface area contributed by atoms with Gasteiger partial charge in [0.2, 0.25) is 5.24 Å². The molecule has 0 unspecified atom stereocenters. The highest BCUT2D eigenvalue weighted by Crippen LogP contribution is 1.98. The molecule has 0 saturated carbocycles. The number of aliphatic carboxylic acids is 1. The van der Waals surface area contributed by atoms with Gasteiger partial charge in [-0.3, -0.25) is 9.59 Å². The minimum absolute atomic E-state index is 0.361. The molecule has 0 fully saturated rings. The van der Waals surface area contributed by atoms with Crippen molar-refractivity contribution in [1.82, 2.24) is 0 Å². The van der Waals surface area contributed by atoms with E-state index in [9.17, 15) is 4.79 Å². The molecule has 0 amide bonds. The highest BCUT2D eigenvalue weighted by molar-refractivity contribution is 8.31. The minimum atomic E-state index is -3.72. The summed E-state index contributed by atoms with van der Waals surface area (Å²) >= 11 is 4.64. The van der Waals surface area contributed by atoms with Crippen LogP contribution in [0.25, 0.3) is 0 Å². The molecule has 0 spiro atoms. The monoisotopic (exact) mass is 272 g/mol. The number of carboxylic acid groups (broad SMARTS) is 1. The van der Waals surface area contributed by atoms with Crippen LogP contribution >= 0.6 is 33.0 Å². The largest absolute Gasteiger partial charge is 0.481 e. The van der Waals surface area contributed by atoms with Crippen LogP contribution in [0.4, 0.5) is 0 Å². The molecule has 0 radical (unpaired) electrons. The maximum Gasteiger partial charge on any atom is 0.317 e. The number of hydrogen-bond acceptors (Lipinski definition) is 4. The predicted octanol–water partition coefficient (Wildman–Crippen LogP) is 1.57. The first-order chi connectivity index (χ1) is 5.46. The average molecular weight is 274 g/mol. The van der Waals surface area contributed by atoms with E-state index in [1.165, 1.54) is 6.92 Å². The summed E-state index contributed by atoms with van der Waals surface area (Å²) in [6.07, 6.45) is 0. The van der Waals surface area contributed by atoms with Gasteiger partial charge in [-0.2, -0.15) is 8.42 Å². The molecule has 5 nitrogen and oxygen atoms in total. The van der Waals surface area contributed by atoms with Crippen molar-refractivity contribution in [2.75, 3.05) is 0 Å². The van der Waals surface area contributed by atoms with E-state index in [0.29, 0.717) is 0 Å². The Kier molecular flexibility index (Phi) is 14.4. The van der Waals surface area contributed by atoms with Gasteiger partial charge < -0.3 is 5.11 Å². The normalized spacial score (nSPS) is 8.38. The number of hydrogen-bond donors (Lipinski definition) is 1. The van der Waals surface area contributed by atoms with Crippen molar-refractivity contribution in [2.24, 2.45) is 0 Å². The zero-order valence-electron chi connectivity index (χ0n) is 6.62. The van der Waals surface area contributed by atoms with Gasteiger partial charge in [0.05, 0.1) is 0 Å². The molecule has 0 saturated heterocycles. The lowest BCUT2D eigenvalue weighted by Crippen LogP contribution is -1.78. The van der Waals surface area contributed by atoms with Gasteiger partial charge in [-0.15, -0.1) is 0 Å². The molecule has 0 aromatic carbocycles. The van der Waals surface area contributed by atoms with Crippen LogP contribution in [0.3, 0.4) is 0 Å². The summed E-state index contributed by atoms with van der Waals surface area (Å²) in [4.78, 5) is 18.2. The molecule has 0 aliphatic rings. The van der Waals surface area contributed by atoms with Crippen LogP contribution in [0.15, 0.2) is 0 Å². The van der Waals surface area contributed by atoms with E-state index in [0.717, 1.165) is 6.92 Å². The highest BCUT2D eigenvalue weighted by atomic mass is 36.0. The Hall–Kier alpha value is -0.0400. The van der Waals surface area contributed by atoms with Gasteiger partial charge in [0, 0.05) is 35.2 Å². The van der Waals surface area contributed by atoms with Crippen molar-refractivity contribution >= 4 is 52.4 Å². The summed E-state index contributed by atoms with van der Waals surface area (Å²) < 4.78 is 18.3. The van der Waals surface area contributed by atoms with E-state index in [1.807, 2.05) is 0 Å². The zero-order valence-corrected chi connectivity index (χ0v) is 9.71. The molecule has 0 aromatic rings. The van der Waals surface area contributed by atoms with Crippen LogP contribution in [0.2, 0.25) is 0 Å². The third-order valence-electron chi connectivity index (χ3n) is 0. The van der Waals surface area contributed by atoms with Crippen LogP contribution in [0.1, 0.15) is 13.8 Å². The first-order valence-corrected chi connectivity index (χ1v) is 5.98. The molecule has 80 valence electrons. The first kappa shape index (κ1) is 18.7. The molecule has 9 heteroatoms. The SMILES string of the molecule is CC(=O)Cl.CC(=O)O.O=S(=O)(Cl)Cl. The number of carbonyl (C=O) groups excluding carboxylic acids is 1. The lowest BCUT2D eigenvalue weighted by molar-refractivity contribution is -0.134. The topological polar surface area (TPSA) is 88.5 Å². The Bertz CT molecular complexity index is 219. The Morgan fingerprint density at radius 3 is 1.15 bits per heavy atom. The summed E-state index contributed by atoms with van der Waals surface area (Å²) in [7, 11) is 4.81. The van der Waals surface area contributed by atoms with Crippen molar-refractivity contribution in [2.45, 2.75) is 13.8 Å². The standard InChI is InChI=1S/C2H3ClO.C2H4O2.Cl2O2S/c2*1-2(3)4;1-5(2,3)4/h1H3;1H3,(H,3,4);. The van der Waals surface area contributed by atoms with Crippen molar-refractivity contribution < 1.29 is 23.1 Å². The maximum atomic E-state index is 9.21. The van der Waals surface area contributed by atoms with Crippen LogP contribution in [-0.4, -0.2) is 24.7 Å². The van der Waals surface area contributed by atoms with Gasteiger partial charge in [0.25, 0.3) is 5.97 Å². The lowest BCUT2D eigenvalue weighted by atomic mass is 10.9. The molecule has 0 aliphatic carbocycles. The van der Waals surface area contributed by atoms with Gasteiger partial charge in [0.1, 0.15) is 0 Å². The maximum absolute atomic E-state index is 9.21. The Morgan fingerprint density at radius 1 is 1.15 bits per heavy atom. The van der Waals surface area contributed by atoms with Gasteiger partial charge in [-0.05, 0) is 11.6 Å². The predicted molar refractivity (Wildman–Crippen MR) is 50.5 cm³/mol. The van der Waals surface area contributed by atoms with Crippen molar-refractivity contribution in [1.29, 1.82) is 0 Å². The molecule has 0 heterocycles. The third-order valence-corrected chi connectivity index (χ3v) is 0. The minimum Gasteiger partial charge on any atom is -0.481 e. The van der Waals surface area contributed by atoms with E-state index < -0.39 is 14.2 Å². The number of rotatable bonds is 0. The second-order valence-corrected chi connectivity index (χ2v) is 5.57. The fourth-order valence-electron chi connectivity index (χ4n) is 0. The van der Waals surface area contributed by atoms with Gasteiger partial charge >= 0.3 is 8.26 Å². The molecular formula is C4H7Cl3O5S. The van der Waals surface area contributed by atoms with E-state index >= 15 is 0 Å². The average Bonchev–Trinajstić information content (AvgIpc) is 1.50. The van der Waals surface area contributed by atoms with E-state index in [4.69, 9.17) is 18.3 Å². The number of halogens is 3. The van der Waals surface area contributed by atoms with Crippen molar-refractivity contribution in [3.63, 3.8) is 0 Å². The van der Waals surface area contributed by atoms with Crippen LogP contribution in [0, 0.1) is 0 Å². The molecule has 13 heavy (non-hydrogen) atoms. The molecule has 0 rings (SSSR count). The quantitative estimate of drug-likeness (QED) is 0.677.